The smallest absolute Gasteiger partial charge is 0.327 e. The molecule has 1 saturated heterocycles. The monoisotopic (exact) mass is 554 g/mol. The van der Waals surface area contributed by atoms with Crippen molar-refractivity contribution in [1.29, 1.82) is 0 Å². The fourth-order valence-corrected chi connectivity index (χ4v) is 6.03. The van der Waals surface area contributed by atoms with E-state index in [1.54, 1.807) is 0 Å². The van der Waals surface area contributed by atoms with Crippen LogP contribution in [0.1, 0.15) is 112 Å². The lowest BCUT2D eigenvalue weighted by atomic mass is 9.91. The Balaban J connectivity index is 2.26. The molecule has 0 radical (unpaired) electrons. The molecular weight excluding hydrogens is 500 g/mol. The summed E-state index contributed by atoms with van der Waals surface area (Å²) >= 11 is 1.47. The van der Waals surface area contributed by atoms with Gasteiger partial charge in [0.1, 0.15) is 12.1 Å². The third kappa shape index (κ3) is 15.0. The quantitative estimate of drug-likeness (QED) is 0.115. The maximum Gasteiger partial charge on any atom is 0.327 e. The normalized spacial score (nSPS) is 18.7. The number of carboxylic acid groups (broad SMARTS) is 2. The lowest BCUT2D eigenvalue weighted by Crippen LogP contribution is -2.55. The lowest BCUT2D eigenvalue weighted by molar-refractivity contribution is -0.143. The predicted octanol–water partition coefficient (Wildman–Crippen LogP) is 7.21. The van der Waals surface area contributed by atoms with E-state index < -0.39 is 30.1 Å². The molecule has 4 atom stereocenters. The van der Waals surface area contributed by atoms with Crippen LogP contribution in [0, 0.1) is 17.8 Å². The van der Waals surface area contributed by atoms with Crippen LogP contribution in [0.4, 0.5) is 4.79 Å². The highest BCUT2D eigenvalue weighted by atomic mass is 32.2. The van der Waals surface area contributed by atoms with E-state index in [4.69, 9.17) is 0 Å². The van der Waals surface area contributed by atoms with Gasteiger partial charge in [0.05, 0.1) is 0 Å². The molecule has 220 valence electrons. The minimum atomic E-state index is -1.10. The Morgan fingerprint density at radius 1 is 0.947 bits per heavy atom. The fraction of sp³-hybridized carbons (Fsp3) is 0.833. The van der Waals surface area contributed by atoms with E-state index in [-0.39, 0.29) is 5.75 Å². The molecule has 1 fully saturated rings. The highest BCUT2D eigenvalue weighted by molar-refractivity contribution is 7.99. The third-order valence-corrected chi connectivity index (χ3v) is 8.59. The molecule has 1 rings (SSSR count). The minimum absolute atomic E-state index is 0.239. The Morgan fingerprint density at radius 3 is 2.13 bits per heavy atom. The first kappa shape index (κ1) is 34.3. The Kier molecular flexibility index (Phi) is 17.5. The van der Waals surface area contributed by atoms with Gasteiger partial charge in [-0.3, -0.25) is 0 Å². The van der Waals surface area contributed by atoms with Crippen molar-refractivity contribution in [3.8, 4) is 0 Å². The van der Waals surface area contributed by atoms with Gasteiger partial charge < -0.3 is 20.4 Å². The summed E-state index contributed by atoms with van der Waals surface area (Å²) < 4.78 is 0. The molecule has 2 amide bonds. The van der Waals surface area contributed by atoms with Gasteiger partial charge >= 0.3 is 18.0 Å². The molecule has 0 saturated carbocycles. The van der Waals surface area contributed by atoms with Crippen LogP contribution < -0.4 is 5.32 Å². The molecular formula is C30H54N2O5S. The summed E-state index contributed by atoms with van der Waals surface area (Å²) in [6.07, 6.45) is 15.5. The number of amides is 2. The van der Waals surface area contributed by atoms with Gasteiger partial charge in [-0.05, 0) is 56.8 Å². The first-order chi connectivity index (χ1) is 18.0. The summed E-state index contributed by atoms with van der Waals surface area (Å²) in [5.74, 6) is 1.19. The number of carboxylic acids is 2. The van der Waals surface area contributed by atoms with E-state index in [1.807, 2.05) is 0 Å². The Morgan fingerprint density at radius 2 is 1.55 bits per heavy atom. The van der Waals surface area contributed by atoms with Gasteiger partial charge in [0.2, 0.25) is 0 Å². The summed E-state index contributed by atoms with van der Waals surface area (Å²) in [7, 11) is 0. The molecule has 0 aliphatic carbocycles. The van der Waals surface area contributed by atoms with Gasteiger partial charge in [0.15, 0.2) is 0 Å². The predicted molar refractivity (Wildman–Crippen MR) is 158 cm³/mol. The zero-order chi connectivity index (χ0) is 28.5. The van der Waals surface area contributed by atoms with Crippen LogP contribution >= 0.6 is 11.8 Å². The van der Waals surface area contributed by atoms with Crippen LogP contribution in [0.25, 0.3) is 0 Å². The van der Waals surface area contributed by atoms with E-state index in [2.05, 4.69) is 46.0 Å². The number of likely N-dealkylation sites (tertiary alicyclic amines) is 1. The van der Waals surface area contributed by atoms with Gasteiger partial charge in [-0.25, -0.2) is 14.4 Å². The second-order valence-corrected chi connectivity index (χ2v) is 12.9. The SMILES string of the molecule is C/C(=C\CSCC(NC(=O)N1CCCCC1C(=O)O)C(=O)O)CCCC(C)CCCC(C)CCCC(C)C. The highest BCUT2D eigenvalue weighted by Gasteiger charge is 2.33. The van der Waals surface area contributed by atoms with Crippen molar-refractivity contribution in [2.45, 2.75) is 124 Å². The van der Waals surface area contributed by atoms with Gasteiger partial charge in [-0.2, -0.15) is 11.8 Å². The Bertz CT molecular complexity index is 742. The van der Waals surface area contributed by atoms with E-state index in [1.165, 1.54) is 73.6 Å². The van der Waals surface area contributed by atoms with Crippen molar-refractivity contribution in [2.24, 2.45) is 17.8 Å². The number of hydrogen-bond acceptors (Lipinski definition) is 4. The first-order valence-electron chi connectivity index (χ1n) is 14.8. The van der Waals surface area contributed by atoms with Gasteiger partial charge in [0, 0.05) is 18.1 Å². The number of nitrogens with one attached hydrogen (secondary N) is 1. The zero-order valence-corrected chi connectivity index (χ0v) is 25.4. The average Bonchev–Trinajstić information content (AvgIpc) is 2.85. The van der Waals surface area contributed by atoms with E-state index in [9.17, 15) is 24.6 Å². The molecule has 1 heterocycles. The van der Waals surface area contributed by atoms with E-state index in [0.717, 1.165) is 37.0 Å². The van der Waals surface area contributed by atoms with Gasteiger partial charge in [-0.1, -0.05) is 84.3 Å². The second-order valence-electron chi connectivity index (χ2n) is 11.8. The number of carbonyl (C=O) groups is 3. The summed E-state index contributed by atoms with van der Waals surface area (Å²) in [4.78, 5) is 36.9. The van der Waals surface area contributed by atoms with Crippen LogP contribution in [0.5, 0.6) is 0 Å². The molecule has 38 heavy (non-hydrogen) atoms. The van der Waals surface area contributed by atoms with Crippen LogP contribution in [0.15, 0.2) is 11.6 Å². The molecule has 0 aromatic heterocycles. The maximum atomic E-state index is 12.6. The second kappa shape index (κ2) is 19.4. The summed E-state index contributed by atoms with van der Waals surface area (Å²) in [5, 5.41) is 21.4. The first-order valence-corrected chi connectivity index (χ1v) is 15.9. The molecule has 0 aromatic carbocycles. The topological polar surface area (TPSA) is 107 Å². The molecule has 4 unspecified atom stereocenters. The molecule has 0 spiro atoms. The third-order valence-electron chi connectivity index (χ3n) is 7.62. The number of aliphatic carboxylic acids is 2. The van der Waals surface area contributed by atoms with E-state index in [0.29, 0.717) is 18.7 Å². The fourth-order valence-electron chi connectivity index (χ4n) is 5.03. The molecule has 0 bridgehead atoms. The van der Waals surface area contributed by atoms with Crippen molar-refractivity contribution in [1.82, 2.24) is 10.2 Å². The number of rotatable bonds is 19. The van der Waals surface area contributed by atoms with E-state index >= 15 is 0 Å². The molecule has 7 nitrogen and oxygen atoms in total. The van der Waals surface area contributed by atoms with Crippen LogP contribution in [-0.2, 0) is 9.59 Å². The number of hydrogen-bond donors (Lipinski definition) is 3. The van der Waals surface area contributed by atoms with Crippen molar-refractivity contribution in [3.05, 3.63) is 11.6 Å². The number of urea groups is 1. The van der Waals surface area contributed by atoms with Crippen LogP contribution in [0.3, 0.4) is 0 Å². The summed E-state index contributed by atoms with van der Waals surface area (Å²) in [5.41, 5.74) is 1.32. The van der Waals surface area contributed by atoms with Gasteiger partial charge in [0.25, 0.3) is 0 Å². The van der Waals surface area contributed by atoms with Gasteiger partial charge in [-0.15, -0.1) is 0 Å². The zero-order valence-electron chi connectivity index (χ0n) is 24.5. The lowest BCUT2D eigenvalue weighted by Gasteiger charge is -2.33. The van der Waals surface area contributed by atoms with Crippen molar-refractivity contribution in [3.63, 3.8) is 0 Å². The molecule has 3 N–H and O–H groups in total. The van der Waals surface area contributed by atoms with Crippen LogP contribution in [-0.4, -0.2) is 63.2 Å². The number of nitrogens with zero attached hydrogens (tertiary/aromatic N) is 1. The number of allylic oxidation sites excluding steroid dienone is 1. The average molecular weight is 555 g/mol. The van der Waals surface area contributed by atoms with Crippen molar-refractivity contribution < 1.29 is 24.6 Å². The Labute approximate surface area is 235 Å². The summed E-state index contributed by atoms with van der Waals surface area (Å²) in [6.45, 7) is 11.8. The maximum absolute atomic E-state index is 12.6. The number of carbonyl (C=O) groups excluding carboxylic acids is 1. The highest BCUT2D eigenvalue weighted by Crippen LogP contribution is 2.22. The molecule has 0 aromatic rings. The largest absolute Gasteiger partial charge is 0.480 e. The molecule has 1 aliphatic heterocycles. The summed E-state index contributed by atoms with van der Waals surface area (Å²) in [6, 6.07) is -2.54. The van der Waals surface area contributed by atoms with Crippen LogP contribution in [0.2, 0.25) is 0 Å². The standard InChI is InChI=1S/C30H54N2O5S/c1-22(2)11-8-12-23(3)13-9-14-24(4)15-10-16-25(5)18-20-38-21-26(28(33)34)31-30(37)32-19-7-6-17-27(32)29(35)36/h18,22-24,26-27H,6-17,19-21H2,1-5H3,(H,31,37)(H,33,34)(H,35,36)/b25-18+. The number of piperidine rings is 1. The minimum Gasteiger partial charge on any atom is -0.480 e. The number of thioether (sulfide) groups is 1. The van der Waals surface area contributed by atoms with Crippen molar-refractivity contribution >= 4 is 29.7 Å². The molecule has 8 heteroatoms. The van der Waals surface area contributed by atoms with Crippen molar-refractivity contribution in [2.75, 3.05) is 18.1 Å². The Hall–Kier alpha value is -1.70. The molecule has 1 aliphatic rings.